The van der Waals surface area contributed by atoms with E-state index in [1.54, 1.807) is 6.07 Å². The largest absolute Gasteiger partial charge is 0.330 e. The Bertz CT molecular complexity index is 543. The molecule has 0 heterocycles. The van der Waals surface area contributed by atoms with E-state index in [1.807, 2.05) is 19.1 Å². The second kappa shape index (κ2) is 4.67. The molecule has 0 radical (unpaired) electrons. The molecular formula is C14H21NO2S. The summed E-state index contributed by atoms with van der Waals surface area (Å²) in [5.41, 5.74) is 7.73. The number of hydrogen-bond donors (Lipinski definition) is 1. The van der Waals surface area contributed by atoms with E-state index < -0.39 is 9.84 Å². The smallest absolute Gasteiger partial charge is 0.175 e. The van der Waals surface area contributed by atoms with Gasteiger partial charge in [0.2, 0.25) is 0 Å². The second-order valence-electron chi connectivity index (χ2n) is 5.46. The number of benzene rings is 1. The molecule has 0 atom stereocenters. The van der Waals surface area contributed by atoms with Crippen LogP contribution in [-0.4, -0.2) is 21.2 Å². The van der Waals surface area contributed by atoms with Gasteiger partial charge in [0, 0.05) is 18.2 Å². The van der Waals surface area contributed by atoms with Crippen molar-refractivity contribution in [3.8, 4) is 0 Å². The van der Waals surface area contributed by atoms with Gasteiger partial charge in [0.15, 0.2) is 9.84 Å². The number of aryl methyl sites for hydroxylation is 1. The van der Waals surface area contributed by atoms with E-state index in [0.717, 1.165) is 36.8 Å². The van der Waals surface area contributed by atoms with Gasteiger partial charge in [-0.3, -0.25) is 0 Å². The predicted molar refractivity (Wildman–Crippen MR) is 73.5 cm³/mol. The lowest BCUT2D eigenvalue weighted by Crippen LogP contribution is -2.33. The van der Waals surface area contributed by atoms with Gasteiger partial charge in [-0.05, 0) is 37.0 Å². The third kappa shape index (κ3) is 2.31. The molecule has 1 fully saturated rings. The van der Waals surface area contributed by atoms with Gasteiger partial charge in [0.25, 0.3) is 0 Å². The van der Waals surface area contributed by atoms with Crippen LogP contribution in [0.4, 0.5) is 0 Å². The molecule has 2 rings (SSSR count). The minimum absolute atomic E-state index is 0.133. The average molecular weight is 267 g/mol. The average Bonchev–Trinajstić information content (AvgIpc) is 2.77. The highest BCUT2D eigenvalue weighted by Crippen LogP contribution is 2.42. The summed E-state index contributed by atoms with van der Waals surface area (Å²) in [5.74, 6) is 0. The summed E-state index contributed by atoms with van der Waals surface area (Å²) in [6.07, 6.45) is 5.54. The van der Waals surface area contributed by atoms with Crippen molar-refractivity contribution in [2.45, 2.75) is 42.9 Å². The first-order valence-electron chi connectivity index (χ1n) is 6.40. The Hall–Kier alpha value is -0.870. The highest BCUT2D eigenvalue weighted by Gasteiger charge is 2.37. The summed E-state index contributed by atoms with van der Waals surface area (Å²) >= 11 is 0. The molecule has 0 bridgehead atoms. The highest BCUT2D eigenvalue weighted by molar-refractivity contribution is 7.90. The predicted octanol–water partition coefficient (Wildman–Crippen LogP) is 2.17. The van der Waals surface area contributed by atoms with Crippen LogP contribution in [0, 0.1) is 6.92 Å². The van der Waals surface area contributed by atoms with Crippen molar-refractivity contribution in [3.63, 3.8) is 0 Å². The van der Waals surface area contributed by atoms with Crippen molar-refractivity contribution in [2.24, 2.45) is 5.73 Å². The normalized spacial score (nSPS) is 19.1. The Morgan fingerprint density at radius 2 is 1.89 bits per heavy atom. The molecule has 1 aliphatic carbocycles. The van der Waals surface area contributed by atoms with E-state index in [0.29, 0.717) is 11.4 Å². The zero-order chi connectivity index (χ0) is 13.4. The van der Waals surface area contributed by atoms with E-state index >= 15 is 0 Å². The Morgan fingerprint density at radius 3 is 2.39 bits per heavy atom. The summed E-state index contributed by atoms with van der Waals surface area (Å²) < 4.78 is 24.0. The van der Waals surface area contributed by atoms with Crippen LogP contribution in [0.15, 0.2) is 23.1 Å². The first-order valence-corrected chi connectivity index (χ1v) is 8.29. The quantitative estimate of drug-likeness (QED) is 0.913. The fourth-order valence-electron chi connectivity index (χ4n) is 3.01. The van der Waals surface area contributed by atoms with Crippen LogP contribution in [0.1, 0.15) is 36.8 Å². The number of rotatable bonds is 3. The number of sulfone groups is 1. The molecule has 1 aromatic rings. The number of nitrogens with two attached hydrogens (primary N) is 1. The Morgan fingerprint density at radius 1 is 1.28 bits per heavy atom. The molecule has 2 N–H and O–H groups in total. The van der Waals surface area contributed by atoms with Crippen LogP contribution >= 0.6 is 0 Å². The zero-order valence-electron chi connectivity index (χ0n) is 11.1. The van der Waals surface area contributed by atoms with Crippen molar-refractivity contribution in [2.75, 3.05) is 12.8 Å². The van der Waals surface area contributed by atoms with Gasteiger partial charge in [-0.2, -0.15) is 0 Å². The second-order valence-corrected chi connectivity index (χ2v) is 7.45. The first-order chi connectivity index (χ1) is 8.39. The van der Waals surface area contributed by atoms with E-state index in [2.05, 4.69) is 0 Å². The van der Waals surface area contributed by atoms with Crippen molar-refractivity contribution in [1.29, 1.82) is 0 Å². The molecule has 1 saturated carbocycles. The maximum absolute atomic E-state index is 12.0. The zero-order valence-corrected chi connectivity index (χ0v) is 11.9. The highest BCUT2D eigenvalue weighted by atomic mass is 32.2. The van der Waals surface area contributed by atoms with Crippen molar-refractivity contribution in [3.05, 3.63) is 29.3 Å². The van der Waals surface area contributed by atoms with Gasteiger partial charge < -0.3 is 5.73 Å². The van der Waals surface area contributed by atoms with E-state index in [-0.39, 0.29) is 5.41 Å². The third-order valence-corrected chi connectivity index (χ3v) is 5.20. The molecule has 0 spiro atoms. The molecule has 0 amide bonds. The minimum atomic E-state index is -3.20. The SMILES string of the molecule is Cc1ccc(C2(CN)CCCC2)c(S(C)(=O)=O)c1. The van der Waals surface area contributed by atoms with Crippen molar-refractivity contribution < 1.29 is 8.42 Å². The van der Waals surface area contributed by atoms with E-state index in [4.69, 9.17) is 5.73 Å². The lowest BCUT2D eigenvalue weighted by molar-refractivity contribution is 0.443. The Kier molecular flexibility index (Phi) is 3.52. The van der Waals surface area contributed by atoms with Gasteiger partial charge >= 0.3 is 0 Å². The fraction of sp³-hybridized carbons (Fsp3) is 0.571. The Labute approximate surface area is 109 Å². The van der Waals surface area contributed by atoms with Crippen LogP contribution in [0.2, 0.25) is 0 Å². The maximum Gasteiger partial charge on any atom is 0.175 e. The molecule has 3 nitrogen and oxygen atoms in total. The van der Waals surface area contributed by atoms with E-state index in [1.165, 1.54) is 6.26 Å². The molecule has 18 heavy (non-hydrogen) atoms. The summed E-state index contributed by atoms with van der Waals surface area (Å²) in [4.78, 5) is 0.467. The molecule has 0 unspecified atom stereocenters. The van der Waals surface area contributed by atoms with Gasteiger partial charge in [-0.1, -0.05) is 25.0 Å². The van der Waals surface area contributed by atoms with Crippen molar-refractivity contribution >= 4 is 9.84 Å². The lowest BCUT2D eigenvalue weighted by atomic mass is 9.79. The monoisotopic (exact) mass is 267 g/mol. The van der Waals surface area contributed by atoms with Crippen LogP contribution in [0.5, 0.6) is 0 Å². The molecule has 1 aliphatic rings. The molecule has 0 saturated heterocycles. The van der Waals surface area contributed by atoms with Crippen LogP contribution in [0.3, 0.4) is 0 Å². The summed E-state index contributed by atoms with van der Waals surface area (Å²) in [5, 5.41) is 0. The van der Waals surface area contributed by atoms with Gasteiger partial charge in [0.05, 0.1) is 4.90 Å². The lowest BCUT2D eigenvalue weighted by Gasteiger charge is -2.30. The molecule has 4 heteroatoms. The topological polar surface area (TPSA) is 60.2 Å². The minimum Gasteiger partial charge on any atom is -0.330 e. The van der Waals surface area contributed by atoms with Crippen LogP contribution in [0.25, 0.3) is 0 Å². The van der Waals surface area contributed by atoms with Gasteiger partial charge in [-0.15, -0.1) is 0 Å². The van der Waals surface area contributed by atoms with Crippen LogP contribution in [-0.2, 0) is 15.3 Å². The summed E-state index contributed by atoms with van der Waals surface area (Å²) in [6.45, 7) is 2.45. The first kappa shape index (κ1) is 13.6. The van der Waals surface area contributed by atoms with Gasteiger partial charge in [-0.25, -0.2) is 8.42 Å². The molecule has 0 aromatic heterocycles. The summed E-state index contributed by atoms with van der Waals surface area (Å²) in [7, 11) is -3.20. The van der Waals surface area contributed by atoms with E-state index in [9.17, 15) is 8.42 Å². The third-order valence-electron chi connectivity index (χ3n) is 4.06. The molecule has 100 valence electrons. The number of hydrogen-bond acceptors (Lipinski definition) is 3. The summed E-state index contributed by atoms with van der Waals surface area (Å²) in [6, 6.07) is 5.73. The van der Waals surface area contributed by atoms with Crippen molar-refractivity contribution in [1.82, 2.24) is 0 Å². The molecule has 1 aromatic carbocycles. The Balaban J connectivity index is 2.64. The fourth-order valence-corrected chi connectivity index (χ4v) is 4.09. The van der Waals surface area contributed by atoms with Crippen LogP contribution < -0.4 is 5.73 Å². The molecular weight excluding hydrogens is 246 g/mol. The standard InChI is InChI=1S/C14H21NO2S/c1-11-5-6-12(13(9-11)18(2,16)17)14(10-15)7-3-4-8-14/h5-6,9H,3-4,7-8,10,15H2,1-2H3. The molecule has 0 aliphatic heterocycles. The van der Waals surface area contributed by atoms with Gasteiger partial charge in [0.1, 0.15) is 0 Å². The maximum atomic E-state index is 12.0.